The first-order valence-corrected chi connectivity index (χ1v) is 6.50. The van der Waals surface area contributed by atoms with Crippen LogP contribution >= 0.6 is 0 Å². The van der Waals surface area contributed by atoms with Crippen molar-refractivity contribution < 1.29 is 0 Å². The van der Waals surface area contributed by atoms with Gasteiger partial charge in [0.1, 0.15) is 5.82 Å². The minimum atomic E-state index is 0.568. The van der Waals surface area contributed by atoms with Crippen LogP contribution in [-0.2, 0) is 6.54 Å². The van der Waals surface area contributed by atoms with Gasteiger partial charge in [0.2, 0.25) is 0 Å². The molecule has 0 saturated heterocycles. The normalized spacial score (nSPS) is 11.1. The van der Waals surface area contributed by atoms with Crippen molar-refractivity contribution in [3.8, 4) is 6.07 Å². The molecule has 5 nitrogen and oxygen atoms in total. The summed E-state index contributed by atoms with van der Waals surface area (Å²) >= 11 is 0. The van der Waals surface area contributed by atoms with Crippen molar-refractivity contribution in [3.05, 3.63) is 12.3 Å². The number of hydrogen-bond donors (Lipinski definition) is 1. The molecule has 0 saturated carbocycles. The highest BCUT2D eigenvalue weighted by Crippen LogP contribution is 2.03. The summed E-state index contributed by atoms with van der Waals surface area (Å²) in [6.45, 7) is 8.18. The van der Waals surface area contributed by atoms with E-state index in [1.54, 1.807) is 0 Å². The molecule has 0 bridgehead atoms. The Labute approximate surface area is 109 Å². The van der Waals surface area contributed by atoms with Crippen LogP contribution in [0.5, 0.6) is 0 Å². The fourth-order valence-corrected chi connectivity index (χ4v) is 1.98. The summed E-state index contributed by atoms with van der Waals surface area (Å²) in [6.07, 6.45) is 3.53. The molecule has 0 aliphatic heterocycles. The van der Waals surface area contributed by atoms with Crippen LogP contribution in [-0.4, -0.2) is 34.3 Å². The third kappa shape index (κ3) is 5.69. The molecule has 0 spiro atoms. The number of aromatic nitrogens is 2. The predicted octanol–water partition coefficient (Wildman–Crippen LogP) is 1.73. The number of nitrogens with two attached hydrogens (primary N) is 1. The minimum Gasteiger partial charge on any atom is -0.382 e. The zero-order chi connectivity index (χ0) is 13.4. The van der Waals surface area contributed by atoms with E-state index in [4.69, 9.17) is 11.0 Å². The van der Waals surface area contributed by atoms with Gasteiger partial charge in [-0.25, -0.2) is 0 Å². The van der Waals surface area contributed by atoms with Gasteiger partial charge < -0.3 is 10.6 Å². The molecule has 0 aromatic carbocycles. The maximum atomic E-state index is 8.65. The average molecular weight is 249 g/mol. The molecule has 0 aliphatic carbocycles. The van der Waals surface area contributed by atoms with Crippen molar-refractivity contribution in [1.82, 2.24) is 14.7 Å². The van der Waals surface area contributed by atoms with E-state index >= 15 is 0 Å². The summed E-state index contributed by atoms with van der Waals surface area (Å²) in [7, 11) is 0. The molecular formula is C13H23N5. The maximum Gasteiger partial charge on any atom is 0.145 e. The van der Waals surface area contributed by atoms with Crippen molar-refractivity contribution in [3.63, 3.8) is 0 Å². The van der Waals surface area contributed by atoms with Crippen LogP contribution in [0.3, 0.4) is 0 Å². The highest BCUT2D eigenvalue weighted by atomic mass is 15.3. The number of nitriles is 1. The first-order valence-electron chi connectivity index (χ1n) is 6.50. The van der Waals surface area contributed by atoms with Gasteiger partial charge in [-0.1, -0.05) is 13.8 Å². The summed E-state index contributed by atoms with van der Waals surface area (Å²) in [5.74, 6) is 1.20. The molecule has 0 radical (unpaired) electrons. The minimum absolute atomic E-state index is 0.568. The van der Waals surface area contributed by atoms with Crippen LogP contribution in [0.25, 0.3) is 0 Å². The number of nitrogen functional groups attached to an aromatic ring is 1. The predicted molar refractivity (Wildman–Crippen MR) is 72.8 cm³/mol. The first kappa shape index (κ1) is 14.5. The third-order valence-electron chi connectivity index (χ3n) is 2.69. The first-order chi connectivity index (χ1) is 8.61. The largest absolute Gasteiger partial charge is 0.382 e. The van der Waals surface area contributed by atoms with E-state index in [-0.39, 0.29) is 0 Å². The molecule has 0 atom stereocenters. The molecule has 1 heterocycles. The Hall–Kier alpha value is -1.54. The Kier molecular flexibility index (Phi) is 6.23. The second-order valence-electron chi connectivity index (χ2n) is 4.96. The van der Waals surface area contributed by atoms with Crippen LogP contribution in [0.2, 0.25) is 0 Å². The van der Waals surface area contributed by atoms with Crippen molar-refractivity contribution in [2.24, 2.45) is 5.92 Å². The van der Waals surface area contributed by atoms with Crippen LogP contribution in [0.15, 0.2) is 12.3 Å². The van der Waals surface area contributed by atoms with E-state index in [1.807, 2.05) is 16.9 Å². The van der Waals surface area contributed by atoms with Gasteiger partial charge in [0.15, 0.2) is 0 Å². The van der Waals surface area contributed by atoms with Gasteiger partial charge in [-0.15, -0.1) is 0 Å². The monoisotopic (exact) mass is 249 g/mol. The van der Waals surface area contributed by atoms with E-state index < -0.39 is 0 Å². The molecule has 1 aromatic heterocycles. The van der Waals surface area contributed by atoms with E-state index in [1.165, 1.54) is 0 Å². The third-order valence-corrected chi connectivity index (χ3v) is 2.69. The van der Waals surface area contributed by atoms with Gasteiger partial charge in [0, 0.05) is 32.3 Å². The average Bonchev–Trinajstić information content (AvgIpc) is 2.71. The Balaban J connectivity index is 2.30. The molecule has 5 heteroatoms. The molecular weight excluding hydrogens is 226 g/mol. The van der Waals surface area contributed by atoms with Crippen molar-refractivity contribution in [1.29, 1.82) is 5.26 Å². The molecule has 0 unspecified atom stereocenters. The lowest BCUT2D eigenvalue weighted by Crippen LogP contribution is -2.30. The van der Waals surface area contributed by atoms with Gasteiger partial charge in [-0.05, 0) is 24.9 Å². The van der Waals surface area contributed by atoms with E-state index in [9.17, 15) is 0 Å². The lowest BCUT2D eigenvalue weighted by Gasteiger charge is -2.23. The topological polar surface area (TPSA) is 70.9 Å². The van der Waals surface area contributed by atoms with Crippen molar-refractivity contribution in [2.45, 2.75) is 33.2 Å². The molecule has 2 N–H and O–H groups in total. The van der Waals surface area contributed by atoms with Gasteiger partial charge in [0.05, 0.1) is 6.07 Å². The Morgan fingerprint density at radius 2 is 2.28 bits per heavy atom. The lowest BCUT2D eigenvalue weighted by atomic mass is 10.2. The summed E-state index contributed by atoms with van der Waals surface area (Å²) < 4.78 is 1.87. The number of nitrogens with zero attached hydrogens (tertiary/aromatic N) is 4. The molecule has 100 valence electrons. The fraction of sp³-hybridized carbons (Fsp3) is 0.692. The summed E-state index contributed by atoms with van der Waals surface area (Å²) in [5.41, 5.74) is 5.56. The number of hydrogen-bond acceptors (Lipinski definition) is 4. The maximum absolute atomic E-state index is 8.65. The molecule has 18 heavy (non-hydrogen) atoms. The Morgan fingerprint density at radius 1 is 1.50 bits per heavy atom. The van der Waals surface area contributed by atoms with Gasteiger partial charge >= 0.3 is 0 Å². The van der Waals surface area contributed by atoms with Gasteiger partial charge in [-0.2, -0.15) is 10.4 Å². The van der Waals surface area contributed by atoms with E-state index in [2.05, 4.69) is 29.9 Å². The summed E-state index contributed by atoms with van der Waals surface area (Å²) in [4.78, 5) is 2.35. The molecule has 1 aromatic rings. The standard InChI is InChI=1S/C13H23N5/c1-12(2)11-17(7-3-6-14)8-4-9-18-10-5-13(15)16-18/h5,10,12H,3-4,7-9,11H2,1-2H3,(H2,15,16). The zero-order valence-corrected chi connectivity index (χ0v) is 11.3. The highest BCUT2D eigenvalue weighted by Gasteiger charge is 2.07. The fourth-order valence-electron chi connectivity index (χ4n) is 1.98. The van der Waals surface area contributed by atoms with E-state index in [0.29, 0.717) is 18.2 Å². The SMILES string of the molecule is CC(C)CN(CCC#N)CCCn1ccc(N)n1. The van der Waals surface area contributed by atoms with Crippen LogP contribution in [0.1, 0.15) is 26.7 Å². The van der Waals surface area contributed by atoms with Gasteiger partial charge in [-0.3, -0.25) is 4.68 Å². The molecule has 0 fully saturated rings. The number of aryl methyl sites for hydroxylation is 1. The number of anilines is 1. The summed E-state index contributed by atoms with van der Waals surface area (Å²) in [6, 6.07) is 4.01. The second kappa shape index (κ2) is 7.72. The molecule has 0 aliphatic rings. The highest BCUT2D eigenvalue weighted by molar-refractivity contribution is 5.23. The number of rotatable bonds is 8. The van der Waals surface area contributed by atoms with Crippen LogP contribution in [0.4, 0.5) is 5.82 Å². The summed E-state index contributed by atoms with van der Waals surface area (Å²) in [5, 5.41) is 12.8. The quantitative estimate of drug-likeness (QED) is 0.761. The Morgan fingerprint density at radius 3 is 2.83 bits per heavy atom. The van der Waals surface area contributed by atoms with Crippen LogP contribution < -0.4 is 5.73 Å². The van der Waals surface area contributed by atoms with E-state index in [0.717, 1.165) is 32.6 Å². The zero-order valence-electron chi connectivity index (χ0n) is 11.3. The van der Waals surface area contributed by atoms with Gasteiger partial charge in [0.25, 0.3) is 0 Å². The van der Waals surface area contributed by atoms with Crippen LogP contribution in [0, 0.1) is 17.2 Å². The smallest absolute Gasteiger partial charge is 0.145 e. The van der Waals surface area contributed by atoms with Crippen molar-refractivity contribution in [2.75, 3.05) is 25.4 Å². The lowest BCUT2D eigenvalue weighted by molar-refractivity contribution is 0.241. The molecule has 1 rings (SSSR count). The molecule has 0 amide bonds. The second-order valence-corrected chi connectivity index (χ2v) is 4.96. The Bertz CT molecular complexity index is 377. The van der Waals surface area contributed by atoms with Crippen molar-refractivity contribution >= 4 is 5.82 Å².